The highest BCUT2D eigenvalue weighted by atomic mass is 16.6. The third-order valence-corrected chi connectivity index (χ3v) is 3.86. The second-order valence-corrected chi connectivity index (χ2v) is 5.84. The summed E-state index contributed by atoms with van der Waals surface area (Å²) >= 11 is 0. The van der Waals surface area contributed by atoms with Crippen LogP contribution in [0.4, 0.5) is 5.69 Å². The van der Waals surface area contributed by atoms with Gasteiger partial charge in [0.25, 0.3) is 5.69 Å². The second kappa shape index (κ2) is 9.50. The average Bonchev–Trinajstić information content (AvgIpc) is 2.47. The molecule has 0 spiro atoms. The van der Waals surface area contributed by atoms with E-state index in [9.17, 15) is 10.1 Å². The van der Waals surface area contributed by atoms with E-state index in [1.54, 1.807) is 12.1 Å². The molecule has 0 amide bonds. The largest absolute Gasteiger partial charge is 0.308 e. The average molecular weight is 292 g/mol. The quantitative estimate of drug-likeness (QED) is 0.375. The zero-order chi connectivity index (χ0) is 15.7. The molecule has 21 heavy (non-hydrogen) atoms. The Labute approximate surface area is 128 Å². The molecule has 0 aromatic heterocycles. The van der Waals surface area contributed by atoms with Crippen LogP contribution in [-0.4, -0.2) is 11.0 Å². The molecular formula is C17H28N2O2. The van der Waals surface area contributed by atoms with Crippen molar-refractivity contribution in [3.05, 3.63) is 39.9 Å². The molecule has 0 heterocycles. The van der Waals surface area contributed by atoms with E-state index in [-0.39, 0.29) is 16.7 Å². The predicted octanol–water partition coefficient (Wildman–Crippen LogP) is 4.99. The van der Waals surface area contributed by atoms with Crippen LogP contribution in [0.3, 0.4) is 0 Å². The minimum atomic E-state index is -0.340. The number of nitrogens with one attached hydrogen (secondary N) is 1. The number of hydrogen-bond donors (Lipinski definition) is 1. The fourth-order valence-electron chi connectivity index (χ4n) is 2.57. The minimum absolute atomic E-state index is 0.135. The van der Waals surface area contributed by atoms with Crippen LogP contribution in [0, 0.1) is 10.1 Å². The summed E-state index contributed by atoms with van der Waals surface area (Å²) in [5.41, 5.74) is 1.13. The van der Waals surface area contributed by atoms with Crippen molar-refractivity contribution in [1.29, 1.82) is 0 Å². The maximum atomic E-state index is 10.8. The van der Waals surface area contributed by atoms with Crippen LogP contribution < -0.4 is 5.32 Å². The maximum absolute atomic E-state index is 10.8. The highest BCUT2D eigenvalue weighted by Gasteiger charge is 2.12. The molecule has 0 bridgehead atoms. The van der Waals surface area contributed by atoms with E-state index in [4.69, 9.17) is 0 Å². The second-order valence-electron chi connectivity index (χ2n) is 5.84. The van der Waals surface area contributed by atoms with Crippen LogP contribution >= 0.6 is 0 Å². The van der Waals surface area contributed by atoms with Crippen molar-refractivity contribution in [2.24, 2.45) is 0 Å². The van der Waals surface area contributed by atoms with E-state index < -0.39 is 0 Å². The zero-order valence-corrected chi connectivity index (χ0v) is 13.5. The normalized spacial score (nSPS) is 13.9. The summed E-state index contributed by atoms with van der Waals surface area (Å²) in [6, 6.07) is 7.45. The van der Waals surface area contributed by atoms with Crippen molar-refractivity contribution < 1.29 is 4.92 Å². The molecule has 1 aromatic rings. The highest BCUT2D eigenvalue weighted by molar-refractivity contribution is 5.35. The van der Waals surface area contributed by atoms with Crippen molar-refractivity contribution in [3.63, 3.8) is 0 Å². The number of rotatable bonds is 10. The third kappa shape index (κ3) is 6.71. The topological polar surface area (TPSA) is 55.2 Å². The summed E-state index contributed by atoms with van der Waals surface area (Å²) in [7, 11) is 0. The van der Waals surface area contributed by atoms with E-state index in [1.807, 2.05) is 6.07 Å². The first-order chi connectivity index (χ1) is 10.0. The lowest BCUT2D eigenvalue weighted by Crippen LogP contribution is -2.28. The molecule has 1 aromatic carbocycles. The molecule has 4 heteroatoms. The molecule has 0 aliphatic heterocycles. The molecule has 0 aliphatic rings. The van der Waals surface area contributed by atoms with Crippen molar-refractivity contribution in [2.45, 2.75) is 71.4 Å². The van der Waals surface area contributed by atoms with Crippen molar-refractivity contribution in [3.8, 4) is 0 Å². The number of nitrogens with zero attached hydrogens (tertiary/aromatic N) is 1. The van der Waals surface area contributed by atoms with Crippen LogP contribution in [0.25, 0.3) is 0 Å². The van der Waals surface area contributed by atoms with Crippen LogP contribution in [0.1, 0.15) is 70.9 Å². The van der Waals surface area contributed by atoms with E-state index in [0.717, 1.165) is 12.0 Å². The Balaban J connectivity index is 2.39. The van der Waals surface area contributed by atoms with Gasteiger partial charge in [-0.3, -0.25) is 10.1 Å². The number of non-ortho nitro benzene ring substituents is 1. The van der Waals surface area contributed by atoms with Gasteiger partial charge < -0.3 is 5.32 Å². The predicted molar refractivity (Wildman–Crippen MR) is 87.5 cm³/mol. The lowest BCUT2D eigenvalue weighted by molar-refractivity contribution is -0.384. The number of unbranched alkanes of at least 4 members (excludes halogenated alkanes) is 4. The van der Waals surface area contributed by atoms with Gasteiger partial charge in [-0.05, 0) is 25.8 Å². The summed E-state index contributed by atoms with van der Waals surface area (Å²) < 4.78 is 0. The van der Waals surface area contributed by atoms with E-state index in [2.05, 4.69) is 26.1 Å². The summed E-state index contributed by atoms with van der Waals surface area (Å²) in [6.07, 6.45) is 7.62. The van der Waals surface area contributed by atoms with Crippen LogP contribution in [-0.2, 0) is 0 Å². The number of hydrogen-bond acceptors (Lipinski definition) is 3. The molecule has 0 fully saturated rings. The summed E-state index contributed by atoms with van der Waals surface area (Å²) in [5, 5.41) is 14.3. The molecule has 1 N–H and O–H groups in total. The Hall–Kier alpha value is -1.42. The van der Waals surface area contributed by atoms with Gasteiger partial charge in [0.1, 0.15) is 0 Å². The Morgan fingerprint density at radius 3 is 2.57 bits per heavy atom. The molecule has 2 unspecified atom stereocenters. The van der Waals surface area contributed by atoms with Crippen LogP contribution in [0.15, 0.2) is 24.3 Å². The lowest BCUT2D eigenvalue weighted by Gasteiger charge is -2.20. The fourth-order valence-corrected chi connectivity index (χ4v) is 2.57. The van der Waals surface area contributed by atoms with Gasteiger partial charge >= 0.3 is 0 Å². The van der Waals surface area contributed by atoms with E-state index >= 15 is 0 Å². The molecule has 2 atom stereocenters. The number of benzene rings is 1. The Morgan fingerprint density at radius 2 is 1.90 bits per heavy atom. The van der Waals surface area contributed by atoms with Gasteiger partial charge in [0.2, 0.25) is 0 Å². The lowest BCUT2D eigenvalue weighted by atomic mass is 10.0. The van der Waals surface area contributed by atoms with Gasteiger partial charge in [-0.25, -0.2) is 0 Å². The van der Waals surface area contributed by atoms with Gasteiger partial charge in [-0.2, -0.15) is 0 Å². The Kier molecular flexibility index (Phi) is 7.98. The SMILES string of the molecule is CCCCCCCC(C)NC(C)c1cccc([N+](=O)[O-])c1. The molecular weight excluding hydrogens is 264 g/mol. The Bertz CT molecular complexity index is 435. The van der Waals surface area contributed by atoms with Gasteiger partial charge in [-0.15, -0.1) is 0 Å². The summed E-state index contributed by atoms with van der Waals surface area (Å²) in [5.74, 6) is 0. The molecule has 0 aliphatic carbocycles. The van der Waals surface area contributed by atoms with E-state index in [0.29, 0.717) is 6.04 Å². The monoisotopic (exact) mass is 292 g/mol. The summed E-state index contributed by atoms with van der Waals surface area (Å²) in [4.78, 5) is 10.5. The first kappa shape index (κ1) is 17.6. The van der Waals surface area contributed by atoms with Crippen molar-refractivity contribution in [2.75, 3.05) is 0 Å². The van der Waals surface area contributed by atoms with E-state index in [1.165, 1.54) is 38.2 Å². The van der Waals surface area contributed by atoms with Crippen molar-refractivity contribution >= 4 is 5.69 Å². The molecule has 4 nitrogen and oxygen atoms in total. The molecule has 1 rings (SSSR count). The summed E-state index contributed by atoms with van der Waals surface area (Å²) in [6.45, 7) is 6.48. The highest BCUT2D eigenvalue weighted by Crippen LogP contribution is 2.20. The van der Waals surface area contributed by atoms with Crippen LogP contribution in [0.5, 0.6) is 0 Å². The standard InChI is InChI=1S/C17H28N2O2/c1-4-5-6-7-8-10-14(2)18-15(3)16-11-9-12-17(13-16)19(20)21/h9,11-15,18H,4-8,10H2,1-3H3. The van der Waals surface area contributed by atoms with Gasteiger partial charge in [0.05, 0.1) is 4.92 Å². The first-order valence-corrected chi connectivity index (χ1v) is 8.05. The first-order valence-electron chi connectivity index (χ1n) is 8.05. The van der Waals surface area contributed by atoms with Gasteiger partial charge in [-0.1, -0.05) is 51.2 Å². The molecule has 0 radical (unpaired) electrons. The van der Waals surface area contributed by atoms with Gasteiger partial charge in [0.15, 0.2) is 0 Å². The number of nitro groups is 1. The smallest absolute Gasteiger partial charge is 0.269 e. The zero-order valence-electron chi connectivity index (χ0n) is 13.5. The van der Waals surface area contributed by atoms with Crippen LogP contribution in [0.2, 0.25) is 0 Å². The van der Waals surface area contributed by atoms with Crippen molar-refractivity contribution in [1.82, 2.24) is 5.32 Å². The van der Waals surface area contributed by atoms with Gasteiger partial charge in [0, 0.05) is 24.2 Å². The third-order valence-electron chi connectivity index (χ3n) is 3.86. The fraction of sp³-hybridized carbons (Fsp3) is 0.647. The molecule has 0 saturated carbocycles. The maximum Gasteiger partial charge on any atom is 0.269 e. The number of nitro benzene ring substituents is 1. The molecule has 118 valence electrons. The molecule has 0 saturated heterocycles. The Morgan fingerprint density at radius 1 is 1.19 bits per heavy atom. The minimum Gasteiger partial charge on any atom is -0.308 e.